The predicted molar refractivity (Wildman–Crippen MR) is 102 cm³/mol. The van der Waals surface area contributed by atoms with E-state index < -0.39 is 0 Å². The van der Waals surface area contributed by atoms with Gasteiger partial charge in [-0.05, 0) is 69.9 Å². The zero-order chi connectivity index (χ0) is 18.1. The van der Waals surface area contributed by atoms with Crippen LogP contribution in [-0.2, 0) is 6.54 Å². The van der Waals surface area contributed by atoms with Crippen LogP contribution in [0.4, 0.5) is 0 Å². The zero-order valence-corrected chi connectivity index (χ0v) is 15.5. The molecule has 2 atom stereocenters. The molecule has 1 aromatic heterocycles. The Morgan fingerprint density at radius 3 is 2.85 bits per heavy atom. The summed E-state index contributed by atoms with van der Waals surface area (Å²) >= 11 is 0. The monoisotopic (exact) mass is 356 g/mol. The van der Waals surface area contributed by atoms with Gasteiger partial charge in [0.15, 0.2) is 0 Å². The SMILES string of the molecule is CN(Cc1c(O)ccc2ccc(=O)oc12)CC1CCCN2CCCCC12. The summed E-state index contributed by atoms with van der Waals surface area (Å²) in [4.78, 5) is 16.6. The highest BCUT2D eigenvalue weighted by atomic mass is 16.4. The summed E-state index contributed by atoms with van der Waals surface area (Å²) in [5, 5.41) is 11.2. The minimum atomic E-state index is -0.378. The maximum atomic E-state index is 11.6. The van der Waals surface area contributed by atoms with E-state index in [2.05, 4.69) is 16.8 Å². The quantitative estimate of drug-likeness (QED) is 0.853. The van der Waals surface area contributed by atoms with Crippen LogP contribution < -0.4 is 5.63 Å². The third kappa shape index (κ3) is 3.51. The molecule has 2 aromatic rings. The number of rotatable bonds is 4. The first-order valence-corrected chi connectivity index (χ1v) is 9.79. The molecule has 2 fully saturated rings. The normalized spacial score (nSPS) is 24.1. The lowest BCUT2D eigenvalue weighted by atomic mass is 9.83. The molecule has 3 heterocycles. The molecule has 4 rings (SSSR count). The second-order valence-electron chi connectivity index (χ2n) is 7.93. The first-order valence-electron chi connectivity index (χ1n) is 9.79. The molecule has 0 amide bonds. The van der Waals surface area contributed by atoms with E-state index in [-0.39, 0.29) is 11.4 Å². The van der Waals surface area contributed by atoms with Crippen LogP contribution in [0, 0.1) is 5.92 Å². The Kier molecular flexibility index (Phi) is 5.00. The van der Waals surface area contributed by atoms with E-state index in [9.17, 15) is 9.90 Å². The minimum Gasteiger partial charge on any atom is -0.507 e. The highest BCUT2D eigenvalue weighted by Gasteiger charge is 2.33. The number of benzene rings is 1. The summed E-state index contributed by atoms with van der Waals surface area (Å²) in [6.45, 7) is 4.09. The predicted octanol–water partition coefficient (Wildman–Crippen LogP) is 3.19. The van der Waals surface area contributed by atoms with Gasteiger partial charge in [0.1, 0.15) is 11.3 Å². The van der Waals surface area contributed by atoms with E-state index in [1.807, 2.05) is 0 Å². The molecule has 5 heteroatoms. The maximum Gasteiger partial charge on any atom is 0.336 e. The standard InChI is InChI=1S/C21H28N2O3/c1-22(13-16-5-4-12-23-11-3-2-6-18(16)23)14-17-19(24)9-7-15-8-10-20(25)26-21(15)17/h7-10,16,18,24H,2-6,11-14H2,1H3. The fourth-order valence-electron chi connectivity index (χ4n) is 4.86. The van der Waals surface area contributed by atoms with Crippen molar-refractivity contribution < 1.29 is 9.52 Å². The van der Waals surface area contributed by atoms with Gasteiger partial charge < -0.3 is 19.3 Å². The number of fused-ring (bicyclic) bond motifs is 2. The van der Waals surface area contributed by atoms with E-state index in [4.69, 9.17) is 4.42 Å². The van der Waals surface area contributed by atoms with Gasteiger partial charge in [0, 0.05) is 30.6 Å². The van der Waals surface area contributed by atoms with Gasteiger partial charge in [0.2, 0.25) is 0 Å². The minimum absolute atomic E-state index is 0.196. The molecule has 2 aliphatic heterocycles. The van der Waals surface area contributed by atoms with Gasteiger partial charge in [-0.2, -0.15) is 0 Å². The molecular weight excluding hydrogens is 328 g/mol. The number of piperidine rings is 2. The van der Waals surface area contributed by atoms with Crippen LogP contribution in [0.25, 0.3) is 11.0 Å². The van der Waals surface area contributed by atoms with Crippen LogP contribution in [-0.4, -0.2) is 47.6 Å². The van der Waals surface area contributed by atoms with E-state index in [0.29, 0.717) is 29.7 Å². The van der Waals surface area contributed by atoms with Crippen LogP contribution in [0.3, 0.4) is 0 Å². The van der Waals surface area contributed by atoms with Gasteiger partial charge >= 0.3 is 5.63 Å². The van der Waals surface area contributed by atoms with Crippen LogP contribution in [0.5, 0.6) is 5.75 Å². The first-order chi connectivity index (χ1) is 12.6. The van der Waals surface area contributed by atoms with E-state index in [1.165, 1.54) is 51.3 Å². The Labute approximate surface area is 154 Å². The highest BCUT2D eigenvalue weighted by molar-refractivity contribution is 5.81. The lowest BCUT2D eigenvalue weighted by Gasteiger charge is -2.45. The third-order valence-electron chi connectivity index (χ3n) is 6.07. The Morgan fingerprint density at radius 2 is 1.96 bits per heavy atom. The molecule has 140 valence electrons. The Bertz CT molecular complexity index is 830. The number of hydrogen-bond donors (Lipinski definition) is 1. The van der Waals surface area contributed by atoms with Crippen molar-refractivity contribution in [3.8, 4) is 5.75 Å². The average molecular weight is 356 g/mol. The zero-order valence-electron chi connectivity index (χ0n) is 15.5. The Balaban J connectivity index is 1.52. The van der Waals surface area contributed by atoms with Gasteiger partial charge in [-0.15, -0.1) is 0 Å². The third-order valence-corrected chi connectivity index (χ3v) is 6.07. The lowest BCUT2D eigenvalue weighted by molar-refractivity contribution is 0.0434. The molecule has 26 heavy (non-hydrogen) atoms. The van der Waals surface area contributed by atoms with Crippen LogP contribution in [0.2, 0.25) is 0 Å². The van der Waals surface area contributed by atoms with Crippen molar-refractivity contribution in [2.75, 3.05) is 26.7 Å². The second-order valence-corrected chi connectivity index (χ2v) is 7.93. The maximum absolute atomic E-state index is 11.6. The average Bonchev–Trinajstić information content (AvgIpc) is 2.64. The number of hydrogen-bond acceptors (Lipinski definition) is 5. The van der Waals surface area contributed by atoms with Gasteiger partial charge in [-0.1, -0.05) is 6.42 Å². The van der Waals surface area contributed by atoms with Crippen molar-refractivity contribution in [2.24, 2.45) is 5.92 Å². The molecule has 0 aliphatic carbocycles. The number of phenols is 1. The van der Waals surface area contributed by atoms with Crippen molar-refractivity contribution in [1.82, 2.24) is 9.80 Å². The molecule has 0 bridgehead atoms. The summed E-state index contributed by atoms with van der Waals surface area (Å²) in [6.07, 6.45) is 6.55. The molecule has 0 saturated carbocycles. The summed E-state index contributed by atoms with van der Waals surface area (Å²) in [7, 11) is 2.10. The molecule has 5 nitrogen and oxygen atoms in total. The van der Waals surface area contributed by atoms with Crippen molar-refractivity contribution in [1.29, 1.82) is 0 Å². The van der Waals surface area contributed by atoms with E-state index >= 15 is 0 Å². The smallest absolute Gasteiger partial charge is 0.336 e. The lowest BCUT2D eigenvalue weighted by Crippen LogP contribution is -2.50. The summed E-state index contributed by atoms with van der Waals surface area (Å²) < 4.78 is 5.40. The Morgan fingerprint density at radius 1 is 1.15 bits per heavy atom. The highest BCUT2D eigenvalue weighted by Crippen LogP contribution is 2.32. The second kappa shape index (κ2) is 7.41. The largest absolute Gasteiger partial charge is 0.507 e. The summed E-state index contributed by atoms with van der Waals surface area (Å²) in [5.41, 5.74) is 0.837. The fourth-order valence-corrected chi connectivity index (χ4v) is 4.86. The molecule has 0 radical (unpaired) electrons. The topological polar surface area (TPSA) is 56.9 Å². The van der Waals surface area contributed by atoms with Crippen molar-refractivity contribution >= 4 is 11.0 Å². The Hall–Kier alpha value is -1.85. The molecular formula is C21H28N2O3. The van der Waals surface area contributed by atoms with Gasteiger partial charge in [0.25, 0.3) is 0 Å². The summed E-state index contributed by atoms with van der Waals surface area (Å²) in [5.74, 6) is 0.875. The summed E-state index contributed by atoms with van der Waals surface area (Å²) in [6, 6.07) is 7.36. The van der Waals surface area contributed by atoms with Crippen LogP contribution in [0.1, 0.15) is 37.7 Å². The molecule has 2 saturated heterocycles. The van der Waals surface area contributed by atoms with Crippen molar-refractivity contribution in [3.63, 3.8) is 0 Å². The number of nitrogens with zero attached hydrogens (tertiary/aromatic N) is 2. The van der Waals surface area contributed by atoms with Crippen LogP contribution in [0.15, 0.2) is 33.5 Å². The van der Waals surface area contributed by atoms with Gasteiger partial charge in [-0.3, -0.25) is 0 Å². The van der Waals surface area contributed by atoms with E-state index in [0.717, 1.165) is 11.9 Å². The molecule has 1 N–H and O–H groups in total. The molecule has 2 aliphatic rings. The number of phenolic OH excluding ortho intramolecular Hbond substituents is 1. The fraction of sp³-hybridized carbons (Fsp3) is 0.571. The van der Waals surface area contributed by atoms with Crippen molar-refractivity contribution in [3.05, 3.63) is 40.2 Å². The van der Waals surface area contributed by atoms with Crippen molar-refractivity contribution in [2.45, 2.75) is 44.7 Å². The molecule has 2 unspecified atom stereocenters. The van der Waals surface area contributed by atoms with Gasteiger partial charge in [0.05, 0.1) is 5.56 Å². The molecule has 0 spiro atoms. The first kappa shape index (κ1) is 17.6. The molecule has 1 aromatic carbocycles. The van der Waals surface area contributed by atoms with Gasteiger partial charge in [-0.25, -0.2) is 4.79 Å². The van der Waals surface area contributed by atoms with Crippen LogP contribution >= 0.6 is 0 Å². The number of aromatic hydroxyl groups is 1. The van der Waals surface area contributed by atoms with E-state index in [1.54, 1.807) is 18.2 Å².